The minimum Gasteiger partial charge on any atom is -0.0882 e. The van der Waals surface area contributed by atoms with Crippen molar-refractivity contribution >= 4 is 11.6 Å². The van der Waals surface area contributed by atoms with E-state index in [1.165, 1.54) is 23.3 Å². The largest absolute Gasteiger partial charge is 0.0882 e. The summed E-state index contributed by atoms with van der Waals surface area (Å²) in [5, 5.41) is 2.91. The van der Waals surface area contributed by atoms with E-state index in [4.69, 9.17) is 0 Å². The summed E-state index contributed by atoms with van der Waals surface area (Å²) in [4.78, 5) is 0. The summed E-state index contributed by atoms with van der Waals surface area (Å²) in [6, 6.07) is 5.22. The molecule has 0 amide bonds. The first kappa shape index (κ1) is 35.4. The van der Waals surface area contributed by atoms with Crippen molar-refractivity contribution in [2.75, 3.05) is 0 Å². The predicted octanol–water partition coefficient (Wildman–Crippen LogP) is 11.7. The second kappa shape index (κ2) is 13.1. The van der Waals surface area contributed by atoms with Crippen molar-refractivity contribution in [3.63, 3.8) is 0 Å². The summed E-state index contributed by atoms with van der Waals surface area (Å²) in [5.41, 5.74) is 8.29. The summed E-state index contributed by atoms with van der Waals surface area (Å²) in [5.74, 6) is 0.385. The quantitative estimate of drug-likeness (QED) is 0.254. The van der Waals surface area contributed by atoms with Crippen LogP contribution in [0.1, 0.15) is 153 Å². The highest BCUT2D eigenvalue weighted by molar-refractivity contribution is 5.68. The molecule has 0 aliphatic heterocycles. The molecule has 0 bridgehead atoms. The van der Waals surface area contributed by atoms with Gasteiger partial charge in [0.25, 0.3) is 0 Å². The highest BCUT2D eigenvalue weighted by atomic mass is 14.5. The van der Waals surface area contributed by atoms with Gasteiger partial charge in [0.1, 0.15) is 0 Å². The number of benzene rings is 1. The molecule has 2 aliphatic carbocycles. The smallest absolute Gasteiger partial charge is 0.00109 e. The van der Waals surface area contributed by atoms with Crippen LogP contribution in [0.5, 0.6) is 0 Å². The van der Waals surface area contributed by atoms with Crippen molar-refractivity contribution in [1.29, 1.82) is 0 Å². The topological polar surface area (TPSA) is 0 Å². The zero-order valence-corrected chi connectivity index (χ0v) is 30.7. The van der Waals surface area contributed by atoms with Gasteiger partial charge in [-0.1, -0.05) is 157 Å². The van der Waals surface area contributed by atoms with E-state index in [0.29, 0.717) is 5.92 Å². The van der Waals surface area contributed by atoms with Crippen molar-refractivity contribution in [3.05, 3.63) is 81.3 Å². The van der Waals surface area contributed by atoms with Crippen molar-refractivity contribution in [2.24, 2.45) is 22.2 Å². The summed E-state index contributed by atoms with van der Waals surface area (Å²) < 4.78 is 0. The van der Waals surface area contributed by atoms with E-state index in [9.17, 15) is 0 Å². The van der Waals surface area contributed by atoms with Crippen molar-refractivity contribution in [1.82, 2.24) is 0 Å². The summed E-state index contributed by atoms with van der Waals surface area (Å²) in [6.07, 6.45) is 25.2. The second-order valence-corrected chi connectivity index (χ2v) is 16.6. The van der Waals surface area contributed by atoms with Gasteiger partial charge in [0.2, 0.25) is 0 Å². The normalized spacial score (nSPS) is 23.2. The van der Waals surface area contributed by atoms with Gasteiger partial charge in [-0.15, -0.1) is 0 Å². The molecule has 0 radical (unpaired) electrons. The van der Waals surface area contributed by atoms with Gasteiger partial charge in [-0.05, 0) is 105 Å². The summed E-state index contributed by atoms with van der Waals surface area (Å²) in [7, 11) is 0. The Bertz CT molecular complexity index is 1390. The van der Waals surface area contributed by atoms with Gasteiger partial charge < -0.3 is 0 Å². The molecule has 0 spiro atoms. The Labute approximate surface area is 267 Å². The molecule has 2 aliphatic rings. The van der Waals surface area contributed by atoms with E-state index in [0.717, 1.165) is 32.1 Å². The molecule has 0 saturated carbocycles. The molecule has 0 saturated heterocycles. The van der Waals surface area contributed by atoms with E-state index in [-0.39, 0.29) is 27.1 Å². The molecule has 0 aromatic heterocycles. The molecular weight excluding hydrogens is 516 g/mol. The fourth-order valence-electron chi connectivity index (χ4n) is 7.67. The highest BCUT2D eigenvalue weighted by Crippen LogP contribution is 2.56. The number of allylic oxidation sites excluding steroid dienone is 8. The van der Waals surface area contributed by atoms with Gasteiger partial charge in [0, 0.05) is 5.41 Å². The first-order chi connectivity index (χ1) is 19.9. The number of hydrogen-bond donors (Lipinski definition) is 0. The number of rotatable bonds is 9. The molecule has 238 valence electrons. The molecule has 0 heteroatoms. The Kier molecular flexibility index (Phi) is 10.8. The monoisotopic (exact) mass is 583 g/mol. The van der Waals surface area contributed by atoms with Crippen molar-refractivity contribution < 1.29 is 0 Å². The molecule has 3 rings (SSSR count). The van der Waals surface area contributed by atoms with Gasteiger partial charge >= 0.3 is 0 Å². The number of fused-ring (bicyclic) bond motifs is 1. The fourth-order valence-corrected chi connectivity index (χ4v) is 7.67. The molecule has 0 N–H and O–H groups in total. The van der Waals surface area contributed by atoms with Gasteiger partial charge in [-0.3, -0.25) is 0 Å². The van der Waals surface area contributed by atoms with Crippen LogP contribution >= 0.6 is 0 Å². The Hall–Kier alpha value is -2.08. The Balaban J connectivity index is 2.51. The minimum absolute atomic E-state index is 0.00212. The SMILES string of the molecule is CCC=CC(C)(C)C(C)(C=CCC)C1CC(C(C)(C)C)=CC=C1/C(CC)=c1\cc2c(c\c1=C\CC)C(C)(C)CCC2(C)C. The third-order valence-corrected chi connectivity index (χ3v) is 11.3. The van der Waals surface area contributed by atoms with Crippen molar-refractivity contribution in [3.8, 4) is 0 Å². The number of hydrogen-bond acceptors (Lipinski definition) is 0. The molecular formula is C43H66. The average Bonchev–Trinajstić information content (AvgIpc) is 2.93. The first-order valence-electron chi connectivity index (χ1n) is 17.6. The van der Waals surface area contributed by atoms with Gasteiger partial charge in [-0.25, -0.2) is 0 Å². The molecule has 0 nitrogen and oxygen atoms in total. The average molecular weight is 583 g/mol. The van der Waals surface area contributed by atoms with E-state index in [1.54, 1.807) is 27.8 Å². The van der Waals surface area contributed by atoms with E-state index >= 15 is 0 Å². The lowest BCUT2D eigenvalue weighted by atomic mass is 9.54. The minimum atomic E-state index is -0.0458. The Morgan fingerprint density at radius 2 is 1.33 bits per heavy atom. The molecule has 0 heterocycles. The highest BCUT2D eigenvalue weighted by Gasteiger charge is 2.47. The van der Waals surface area contributed by atoms with Crippen molar-refractivity contribution in [2.45, 2.75) is 153 Å². The van der Waals surface area contributed by atoms with Gasteiger partial charge in [-0.2, -0.15) is 0 Å². The van der Waals surface area contributed by atoms with Crippen LogP contribution in [0.15, 0.2) is 59.7 Å². The van der Waals surface area contributed by atoms with Crippen LogP contribution < -0.4 is 10.4 Å². The van der Waals surface area contributed by atoms with Crippen LogP contribution in [0.3, 0.4) is 0 Å². The Morgan fingerprint density at radius 1 is 0.767 bits per heavy atom. The molecule has 0 fully saturated rings. The zero-order chi connectivity index (χ0) is 32.4. The van der Waals surface area contributed by atoms with Gasteiger partial charge in [0.15, 0.2) is 0 Å². The zero-order valence-electron chi connectivity index (χ0n) is 30.7. The summed E-state index contributed by atoms with van der Waals surface area (Å²) in [6.45, 7) is 33.7. The Morgan fingerprint density at radius 3 is 1.84 bits per heavy atom. The maximum Gasteiger partial charge on any atom is 0.00109 e. The summed E-state index contributed by atoms with van der Waals surface area (Å²) >= 11 is 0. The molecule has 2 atom stereocenters. The van der Waals surface area contributed by atoms with Crippen LogP contribution in [0, 0.1) is 22.2 Å². The second-order valence-electron chi connectivity index (χ2n) is 16.6. The third kappa shape index (κ3) is 7.10. The van der Waals surface area contributed by atoms with E-state index in [2.05, 4.69) is 152 Å². The molecule has 1 aromatic rings. The third-order valence-electron chi connectivity index (χ3n) is 11.3. The van der Waals surface area contributed by atoms with E-state index in [1.807, 2.05) is 0 Å². The maximum atomic E-state index is 2.64. The lowest BCUT2D eigenvalue weighted by molar-refractivity contribution is 0.132. The first-order valence-corrected chi connectivity index (χ1v) is 17.6. The van der Waals surface area contributed by atoms with E-state index < -0.39 is 0 Å². The maximum absolute atomic E-state index is 2.64. The standard InChI is InChI=1S/C43H66/c1-15-19-24-42(12,13)43(14,25-20-16-2)36-29-32(39(5,6)7)22-23-34(36)33(18-4)35-30-38-37(28-31(35)21-17-3)40(8,9)26-27-41(38,10)11/h19-25,28,30,36H,15-18,26-27,29H2,1-14H3/b24-19?,25-20?,31-21-,35-33+. The predicted molar refractivity (Wildman–Crippen MR) is 194 cm³/mol. The lowest BCUT2D eigenvalue weighted by Gasteiger charge is -2.50. The molecule has 43 heavy (non-hydrogen) atoms. The van der Waals surface area contributed by atoms with Crippen LogP contribution in [0.4, 0.5) is 0 Å². The molecule has 1 aromatic carbocycles. The van der Waals surface area contributed by atoms with Crippen LogP contribution in [0.2, 0.25) is 0 Å². The van der Waals surface area contributed by atoms with Gasteiger partial charge in [0.05, 0.1) is 0 Å². The van der Waals surface area contributed by atoms with Crippen LogP contribution in [-0.4, -0.2) is 0 Å². The van der Waals surface area contributed by atoms with Crippen LogP contribution in [-0.2, 0) is 10.8 Å². The fraction of sp³-hybridized carbons (Fsp3) is 0.628. The molecule has 2 unspecified atom stereocenters. The lowest BCUT2D eigenvalue weighted by Crippen LogP contribution is -2.43. The van der Waals surface area contributed by atoms with Crippen LogP contribution in [0.25, 0.3) is 11.6 Å².